The molecule has 2 N–H and O–H groups in total. The summed E-state index contributed by atoms with van der Waals surface area (Å²) in [5.41, 5.74) is -0.365. The van der Waals surface area contributed by atoms with Crippen LogP contribution in [0.5, 0.6) is 0 Å². The van der Waals surface area contributed by atoms with Crippen LogP contribution in [0.1, 0.15) is 25.8 Å². The predicted octanol–water partition coefficient (Wildman–Crippen LogP) is 0.853. The molecule has 1 aromatic rings. The van der Waals surface area contributed by atoms with Crippen LogP contribution in [-0.2, 0) is 14.4 Å². The molecule has 142 valence electrons. The lowest BCUT2D eigenvalue weighted by Crippen LogP contribution is -2.71. The van der Waals surface area contributed by atoms with Gasteiger partial charge in [-0.15, -0.1) is 0 Å². The molecule has 0 unspecified atom stereocenters. The number of hydrogen-bond donors (Lipinski definition) is 2. The first kappa shape index (κ1) is 18.9. The maximum absolute atomic E-state index is 12.8. The van der Waals surface area contributed by atoms with Gasteiger partial charge in [-0.2, -0.15) is 5.01 Å². The second kappa shape index (κ2) is 6.35. The van der Waals surface area contributed by atoms with E-state index in [1.54, 1.807) is 20.8 Å². The lowest BCUT2D eigenvalue weighted by atomic mass is 10.00. The van der Waals surface area contributed by atoms with Gasteiger partial charge in [0.2, 0.25) is 17.7 Å². The number of aryl methyl sites for hydroxylation is 1. The number of nitro groups is 1. The van der Waals surface area contributed by atoms with Crippen LogP contribution in [0.25, 0.3) is 0 Å². The van der Waals surface area contributed by atoms with Gasteiger partial charge in [0, 0.05) is 17.8 Å². The lowest BCUT2D eigenvalue weighted by molar-refractivity contribution is -0.384. The van der Waals surface area contributed by atoms with Crippen molar-refractivity contribution in [2.75, 3.05) is 5.32 Å². The zero-order valence-electron chi connectivity index (χ0n) is 14.8. The topological polar surface area (TPSA) is 125 Å². The Morgan fingerprint density at radius 2 is 2.07 bits per heavy atom. The molecule has 2 saturated heterocycles. The van der Waals surface area contributed by atoms with Crippen LogP contribution in [0.4, 0.5) is 11.4 Å². The van der Waals surface area contributed by atoms with Crippen LogP contribution in [-0.4, -0.2) is 49.4 Å². The zero-order chi connectivity index (χ0) is 20.1. The van der Waals surface area contributed by atoms with Gasteiger partial charge in [0.15, 0.2) is 5.11 Å². The van der Waals surface area contributed by atoms with Crippen molar-refractivity contribution in [3.63, 3.8) is 0 Å². The molecule has 1 atom stereocenters. The Morgan fingerprint density at radius 3 is 2.67 bits per heavy atom. The second-order valence-corrected chi connectivity index (χ2v) is 7.22. The van der Waals surface area contributed by atoms with E-state index in [1.807, 2.05) is 0 Å². The summed E-state index contributed by atoms with van der Waals surface area (Å²) < 4.78 is 0. The molecule has 1 aromatic carbocycles. The third-order valence-electron chi connectivity index (χ3n) is 4.64. The van der Waals surface area contributed by atoms with Gasteiger partial charge in [-0.1, -0.05) is 0 Å². The molecule has 0 bridgehead atoms. The number of carbonyl (C=O) groups excluding carboxylic acids is 3. The van der Waals surface area contributed by atoms with Gasteiger partial charge in [-0.25, -0.2) is 5.01 Å². The average Bonchev–Trinajstić information content (AvgIpc) is 2.94. The van der Waals surface area contributed by atoms with Gasteiger partial charge in [-0.3, -0.25) is 29.8 Å². The van der Waals surface area contributed by atoms with Crippen molar-refractivity contribution in [2.45, 2.75) is 38.8 Å². The number of benzene rings is 1. The summed E-state index contributed by atoms with van der Waals surface area (Å²) in [5.74, 6) is -1.32. The summed E-state index contributed by atoms with van der Waals surface area (Å²) in [6.07, 6.45) is -0.142. The molecule has 2 fully saturated rings. The Bertz CT molecular complexity index is 899. The maximum atomic E-state index is 12.8. The van der Waals surface area contributed by atoms with E-state index in [-0.39, 0.29) is 17.2 Å². The SMILES string of the molecule is Cc1cc([N+](=O)[O-])ccc1NC(=O)[C@H]1CC(=O)N2C(=S)NC(=O)C(C)(C)N12. The minimum Gasteiger partial charge on any atom is -0.324 e. The number of non-ortho nitro benzene ring substituents is 1. The van der Waals surface area contributed by atoms with E-state index >= 15 is 0 Å². The number of carbonyl (C=O) groups is 3. The Balaban J connectivity index is 1.89. The van der Waals surface area contributed by atoms with E-state index in [4.69, 9.17) is 12.2 Å². The van der Waals surface area contributed by atoms with Crippen molar-refractivity contribution in [3.05, 3.63) is 33.9 Å². The summed E-state index contributed by atoms with van der Waals surface area (Å²) in [7, 11) is 0. The minimum absolute atomic E-state index is 0.0638. The van der Waals surface area contributed by atoms with Gasteiger partial charge in [0.25, 0.3) is 5.69 Å². The third-order valence-corrected chi connectivity index (χ3v) is 4.91. The summed E-state index contributed by atoms with van der Waals surface area (Å²) >= 11 is 5.06. The molecule has 27 heavy (non-hydrogen) atoms. The summed E-state index contributed by atoms with van der Waals surface area (Å²) in [5, 5.41) is 18.5. The molecule has 10 nitrogen and oxygen atoms in total. The number of anilines is 1. The van der Waals surface area contributed by atoms with E-state index in [9.17, 15) is 24.5 Å². The molecule has 3 rings (SSSR count). The number of thiocarbonyl (C=S) groups is 1. The molecule has 0 spiro atoms. The second-order valence-electron chi connectivity index (χ2n) is 6.83. The highest BCUT2D eigenvalue weighted by Crippen LogP contribution is 2.33. The molecule has 11 heteroatoms. The maximum Gasteiger partial charge on any atom is 0.269 e. The van der Waals surface area contributed by atoms with E-state index in [2.05, 4.69) is 10.6 Å². The highest BCUT2D eigenvalue weighted by Gasteiger charge is 2.56. The number of nitrogens with zero attached hydrogens (tertiary/aromatic N) is 3. The molecule has 0 aliphatic carbocycles. The lowest BCUT2D eigenvalue weighted by Gasteiger charge is -2.45. The molecule has 0 radical (unpaired) electrons. The molecular formula is C16H17N5O5S. The van der Waals surface area contributed by atoms with E-state index in [0.717, 1.165) is 5.01 Å². The quantitative estimate of drug-likeness (QED) is 0.445. The molecule has 2 aliphatic heterocycles. The van der Waals surface area contributed by atoms with Crippen molar-refractivity contribution >= 4 is 46.4 Å². The first-order valence-corrected chi connectivity index (χ1v) is 8.48. The molecule has 0 saturated carbocycles. The Morgan fingerprint density at radius 1 is 1.41 bits per heavy atom. The fourth-order valence-electron chi connectivity index (χ4n) is 3.18. The van der Waals surface area contributed by atoms with Crippen molar-refractivity contribution < 1.29 is 19.3 Å². The number of rotatable bonds is 3. The van der Waals surface area contributed by atoms with Crippen molar-refractivity contribution in [1.29, 1.82) is 0 Å². The zero-order valence-corrected chi connectivity index (χ0v) is 15.6. The van der Waals surface area contributed by atoms with E-state index in [0.29, 0.717) is 11.3 Å². The number of hydrazine groups is 1. The number of nitrogens with one attached hydrogen (secondary N) is 2. The van der Waals surface area contributed by atoms with Gasteiger partial charge in [-0.05, 0) is 44.6 Å². The highest BCUT2D eigenvalue weighted by molar-refractivity contribution is 7.80. The first-order valence-electron chi connectivity index (χ1n) is 8.07. The Kier molecular flexibility index (Phi) is 4.44. The molecule has 3 amide bonds. The van der Waals surface area contributed by atoms with Gasteiger partial charge in [0.1, 0.15) is 11.6 Å². The fraction of sp³-hybridized carbons (Fsp3) is 0.375. The normalized spacial score (nSPS) is 21.7. The molecule has 2 aliphatic rings. The minimum atomic E-state index is -1.17. The highest BCUT2D eigenvalue weighted by atomic mass is 32.1. The monoisotopic (exact) mass is 391 g/mol. The summed E-state index contributed by atoms with van der Waals surface area (Å²) in [6.45, 7) is 4.81. The smallest absolute Gasteiger partial charge is 0.269 e. The fourth-order valence-corrected chi connectivity index (χ4v) is 3.46. The van der Waals surface area contributed by atoms with Crippen LogP contribution in [0.15, 0.2) is 18.2 Å². The van der Waals surface area contributed by atoms with Crippen molar-refractivity contribution in [1.82, 2.24) is 15.3 Å². The molecular weight excluding hydrogens is 374 g/mol. The van der Waals surface area contributed by atoms with Gasteiger partial charge in [0.05, 0.1) is 11.3 Å². The van der Waals surface area contributed by atoms with Crippen LogP contribution in [0.3, 0.4) is 0 Å². The van der Waals surface area contributed by atoms with Gasteiger partial charge < -0.3 is 5.32 Å². The Hall–Kier alpha value is -2.92. The summed E-state index contributed by atoms with van der Waals surface area (Å²) in [6, 6.07) is 3.11. The Labute approximate surface area is 159 Å². The van der Waals surface area contributed by atoms with E-state index < -0.39 is 34.2 Å². The number of nitro benzene ring substituents is 1. The van der Waals surface area contributed by atoms with Crippen LogP contribution >= 0.6 is 12.2 Å². The summed E-state index contributed by atoms with van der Waals surface area (Å²) in [4.78, 5) is 47.8. The average molecular weight is 391 g/mol. The molecule has 2 heterocycles. The van der Waals surface area contributed by atoms with Crippen molar-refractivity contribution in [3.8, 4) is 0 Å². The van der Waals surface area contributed by atoms with Crippen molar-refractivity contribution in [2.24, 2.45) is 0 Å². The number of amides is 3. The van der Waals surface area contributed by atoms with Crippen LogP contribution < -0.4 is 10.6 Å². The number of fused-ring (bicyclic) bond motifs is 1. The predicted molar refractivity (Wildman–Crippen MR) is 98.4 cm³/mol. The van der Waals surface area contributed by atoms with Gasteiger partial charge >= 0.3 is 0 Å². The van der Waals surface area contributed by atoms with E-state index in [1.165, 1.54) is 23.2 Å². The molecule has 0 aromatic heterocycles. The number of hydrogen-bond acceptors (Lipinski definition) is 7. The van der Waals surface area contributed by atoms with Crippen LogP contribution in [0.2, 0.25) is 0 Å². The first-order chi connectivity index (χ1) is 12.5. The third kappa shape index (κ3) is 3.04. The van der Waals surface area contributed by atoms with Crippen LogP contribution in [0, 0.1) is 17.0 Å². The standard InChI is InChI=1S/C16H17N5O5S/c1-8-6-9(21(25)26)4-5-10(8)17-13(23)11-7-12(22)19-15(27)18-14(24)16(2,3)20(11)19/h4-6,11H,7H2,1-3H3,(H,17,23)(H,18,24,27)/t11-/m1/s1. The largest absolute Gasteiger partial charge is 0.324 e.